The lowest BCUT2D eigenvalue weighted by atomic mass is 10.3. The molecule has 0 saturated carbocycles. The van der Waals surface area contributed by atoms with Crippen molar-refractivity contribution in [2.75, 3.05) is 6.67 Å². The van der Waals surface area contributed by atoms with Gasteiger partial charge >= 0.3 is 0 Å². The van der Waals surface area contributed by atoms with Gasteiger partial charge in [-0.15, -0.1) is 0 Å². The molecule has 58 valence electrons. The molecular weight excluding hydrogens is 122 g/mol. The molecule has 0 unspecified atom stereocenters. The first-order chi connectivity index (χ1) is 4.00. The molecule has 0 rings (SSSR count). The maximum absolute atomic E-state index is 11.1. The van der Waals surface area contributed by atoms with Gasteiger partial charge in [-0.2, -0.15) is 0 Å². The number of halogens is 2. The second kappa shape index (κ2) is 7.86. The van der Waals surface area contributed by atoms with E-state index in [-0.39, 0.29) is 12.6 Å². The van der Waals surface area contributed by atoms with Gasteiger partial charge in [0.2, 0.25) is 0 Å². The highest BCUT2D eigenvalue weighted by atomic mass is 19.1. The number of alkyl halides is 2. The van der Waals surface area contributed by atoms with Crippen molar-refractivity contribution in [1.82, 2.24) is 0 Å². The fourth-order valence-electron chi connectivity index (χ4n) is 0. The van der Waals surface area contributed by atoms with Crippen molar-refractivity contribution in [3.05, 3.63) is 0 Å². The van der Waals surface area contributed by atoms with Crippen molar-refractivity contribution >= 4 is 0 Å². The summed E-state index contributed by atoms with van der Waals surface area (Å²) in [6, 6.07) is 0. The molecule has 0 atom stereocenters. The minimum atomic E-state index is -0.667. The van der Waals surface area contributed by atoms with E-state index in [0.29, 0.717) is 0 Å². The van der Waals surface area contributed by atoms with Crippen molar-refractivity contribution in [2.45, 2.75) is 33.9 Å². The molecule has 0 aromatic heterocycles. The quantitative estimate of drug-likeness (QED) is 0.522. The predicted octanol–water partition coefficient (Wildman–Crippen LogP) is 2.98. The summed E-state index contributed by atoms with van der Waals surface area (Å²) in [5.74, 6) is 0.218. The standard InChI is InChI=1S/C4H9F.C3H7F/c1-4(2)3-5;1-3(2)4/h4H,3H2,1-2H3;3H,1-2H3. The fraction of sp³-hybridized carbons (Fsp3) is 1.00. The maximum atomic E-state index is 11.1. The molecular formula is C7H16F2. The smallest absolute Gasteiger partial charge is 0.0945 e. The molecule has 0 bridgehead atoms. The third-order valence-electron chi connectivity index (χ3n) is 0.309. The van der Waals surface area contributed by atoms with Crippen LogP contribution in [-0.2, 0) is 0 Å². The molecule has 0 aromatic carbocycles. The van der Waals surface area contributed by atoms with Crippen molar-refractivity contribution in [3.63, 3.8) is 0 Å². The first-order valence-corrected chi connectivity index (χ1v) is 3.20. The van der Waals surface area contributed by atoms with E-state index >= 15 is 0 Å². The van der Waals surface area contributed by atoms with Gasteiger partial charge in [-0.3, -0.25) is 4.39 Å². The van der Waals surface area contributed by atoms with E-state index in [2.05, 4.69) is 0 Å². The van der Waals surface area contributed by atoms with Crippen LogP contribution in [0.4, 0.5) is 8.78 Å². The highest BCUT2D eigenvalue weighted by molar-refractivity contribution is 4.33. The van der Waals surface area contributed by atoms with E-state index in [1.807, 2.05) is 13.8 Å². The van der Waals surface area contributed by atoms with Crippen LogP contribution in [0.3, 0.4) is 0 Å². The average Bonchev–Trinajstić information content (AvgIpc) is 1.65. The number of hydrogen-bond donors (Lipinski definition) is 0. The van der Waals surface area contributed by atoms with Crippen LogP contribution in [0.15, 0.2) is 0 Å². The molecule has 0 aliphatic heterocycles. The van der Waals surface area contributed by atoms with Gasteiger partial charge in [0.25, 0.3) is 0 Å². The van der Waals surface area contributed by atoms with Crippen LogP contribution in [0.25, 0.3) is 0 Å². The largest absolute Gasteiger partial charge is 0.251 e. The van der Waals surface area contributed by atoms with Gasteiger partial charge in [-0.05, 0) is 19.8 Å². The Labute approximate surface area is 56.3 Å². The van der Waals surface area contributed by atoms with Crippen molar-refractivity contribution in [1.29, 1.82) is 0 Å². The first-order valence-electron chi connectivity index (χ1n) is 3.20. The molecule has 0 aliphatic rings. The van der Waals surface area contributed by atoms with Crippen molar-refractivity contribution in [2.24, 2.45) is 5.92 Å². The Hall–Kier alpha value is -0.140. The molecule has 0 fully saturated rings. The monoisotopic (exact) mass is 138 g/mol. The Morgan fingerprint density at radius 1 is 1.11 bits per heavy atom. The van der Waals surface area contributed by atoms with Crippen LogP contribution < -0.4 is 0 Å². The van der Waals surface area contributed by atoms with Crippen LogP contribution in [0.5, 0.6) is 0 Å². The van der Waals surface area contributed by atoms with E-state index in [1.165, 1.54) is 13.8 Å². The zero-order valence-corrected chi connectivity index (χ0v) is 6.62. The van der Waals surface area contributed by atoms with Crippen LogP contribution in [0.1, 0.15) is 27.7 Å². The summed E-state index contributed by atoms with van der Waals surface area (Å²) in [5.41, 5.74) is 0. The van der Waals surface area contributed by atoms with Crippen LogP contribution >= 0.6 is 0 Å². The summed E-state index contributed by atoms with van der Waals surface area (Å²) in [6.07, 6.45) is -0.667. The number of hydrogen-bond acceptors (Lipinski definition) is 0. The third-order valence-corrected chi connectivity index (χ3v) is 0.309. The summed E-state index contributed by atoms with van der Waals surface area (Å²) in [5, 5.41) is 0. The Balaban J connectivity index is 0. The van der Waals surface area contributed by atoms with E-state index in [0.717, 1.165) is 0 Å². The van der Waals surface area contributed by atoms with Gasteiger partial charge in [0.05, 0.1) is 12.8 Å². The van der Waals surface area contributed by atoms with Gasteiger partial charge < -0.3 is 0 Å². The molecule has 9 heavy (non-hydrogen) atoms. The molecule has 0 aliphatic carbocycles. The lowest BCUT2D eigenvalue weighted by Gasteiger charge is -1.87. The van der Waals surface area contributed by atoms with Crippen molar-refractivity contribution < 1.29 is 8.78 Å². The average molecular weight is 138 g/mol. The summed E-state index contributed by atoms with van der Waals surface area (Å²) in [7, 11) is 0. The minimum Gasteiger partial charge on any atom is -0.251 e. The van der Waals surface area contributed by atoms with Crippen LogP contribution in [0.2, 0.25) is 0 Å². The Kier molecular flexibility index (Phi) is 10.2. The second-order valence-electron chi connectivity index (χ2n) is 2.56. The molecule has 0 heterocycles. The minimum absolute atomic E-state index is 0.194. The second-order valence-corrected chi connectivity index (χ2v) is 2.56. The molecule has 0 N–H and O–H groups in total. The molecule has 0 saturated heterocycles. The molecule has 0 amide bonds. The fourth-order valence-corrected chi connectivity index (χ4v) is 0. The van der Waals surface area contributed by atoms with Crippen LogP contribution in [0, 0.1) is 5.92 Å². The SMILES string of the molecule is CC(C)CF.CC(C)F. The van der Waals surface area contributed by atoms with Gasteiger partial charge in [0.1, 0.15) is 0 Å². The van der Waals surface area contributed by atoms with E-state index in [1.54, 1.807) is 0 Å². The maximum Gasteiger partial charge on any atom is 0.0945 e. The van der Waals surface area contributed by atoms with Crippen LogP contribution in [-0.4, -0.2) is 12.8 Å². The predicted molar refractivity (Wildman–Crippen MR) is 37.1 cm³/mol. The number of rotatable bonds is 1. The van der Waals surface area contributed by atoms with Gasteiger partial charge in [-0.25, -0.2) is 4.39 Å². The first kappa shape index (κ1) is 11.6. The zero-order chi connectivity index (χ0) is 7.86. The zero-order valence-electron chi connectivity index (χ0n) is 6.62. The summed E-state index contributed by atoms with van der Waals surface area (Å²) in [4.78, 5) is 0. The normalized spacial score (nSPS) is 9.33. The summed E-state index contributed by atoms with van der Waals surface area (Å²) < 4.78 is 22.1. The van der Waals surface area contributed by atoms with Gasteiger partial charge in [-0.1, -0.05) is 13.8 Å². The highest BCUT2D eigenvalue weighted by Crippen LogP contribution is 1.88. The molecule has 0 spiro atoms. The van der Waals surface area contributed by atoms with E-state index in [9.17, 15) is 8.78 Å². The molecule has 2 heteroatoms. The Bertz CT molecular complexity index is 39.4. The lowest BCUT2D eigenvalue weighted by Crippen LogP contribution is -1.84. The molecule has 0 radical (unpaired) electrons. The van der Waals surface area contributed by atoms with Gasteiger partial charge in [0.15, 0.2) is 0 Å². The third kappa shape index (κ3) is 78.0. The Morgan fingerprint density at radius 2 is 1.22 bits per heavy atom. The van der Waals surface area contributed by atoms with Gasteiger partial charge in [0, 0.05) is 0 Å². The van der Waals surface area contributed by atoms with Crippen molar-refractivity contribution in [3.8, 4) is 0 Å². The Morgan fingerprint density at radius 3 is 1.22 bits per heavy atom. The summed E-state index contributed by atoms with van der Waals surface area (Å²) >= 11 is 0. The van der Waals surface area contributed by atoms with E-state index < -0.39 is 6.17 Å². The topological polar surface area (TPSA) is 0 Å². The molecule has 0 nitrogen and oxygen atoms in total. The lowest BCUT2D eigenvalue weighted by molar-refractivity contribution is 0.391. The molecule has 0 aromatic rings. The summed E-state index contributed by atoms with van der Waals surface area (Å²) in [6.45, 7) is 6.50. The highest BCUT2D eigenvalue weighted by Gasteiger charge is 1.83. The van der Waals surface area contributed by atoms with E-state index in [4.69, 9.17) is 0 Å².